The zero-order chi connectivity index (χ0) is 13.6. The summed E-state index contributed by atoms with van der Waals surface area (Å²) in [5.74, 6) is -2.38. The summed E-state index contributed by atoms with van der Waals surface area (Å²) in [4.78, 5) is 10.5. The smallest absolute Gasteiger partial charge is 0.320 e. The number of carboxylic acid groups (broad SMARTS) is 1. The van der Waals surface area contributed by atoms with Gasteiger partial charge in [-0.1, -0.05) is 30.3 Å². The largest absolute Gasteiger partial charge is 0.480 e. The lowest BCUT2D eigenvalue weighted by Crippen LogP contribution is -2.36. The molecule has 0 aliphatic carbocycles. The maximum Gasteiger partial charge on any atom is 0.320 e. The Kier molecular flexibility index (Phi) is 5.26. The van der Waals surface area contributed by atoms with Gasteiger partial charge >= 0.3 is 5.97 Å². The second-order valence-corrected chi connectivity index (χ2v) is 5.66. The Labute approximate surface area is 106 Å². The lowest BCUT2D eigenvalue weighted by molar-refractivity contribution is -0.134. The first-order valence-electron chi connectivity index (χ1n) is 5.30. The van der Waals surface area contributed by atoms with E-state index in [2.05, 4.69) is 0 Å². The molecule has 18 heavy (non-hydrogen) atoms. The van der Waals surface area contributed by atoms with Crippen molar-refractivity contribution in [2.75, 3.05) is 18.9 Å². The molecular weight excluding hydrogens is 258 g/mol. The SMILES string of the molecule is O=C(O)CS(=O)(=O)N(CCO)Cc1ccccc1. The molecule has 0 bridgehead atoms. The third kappa shape index (κ3) is 4.44. The van der Waals surface area contributed by atoms with Crippen LogP contribution in [0.15, 0.2) is 30.3 Å². The second kappa shape index (κ2) is 6.48. The molecule has 0 amide bonds. The molecule has 0 radical (unpaired) electrons. The fourth-order valence-corrected chi connectivity index (χ4v) is 2.66. The first-order valence-corrected chi connectivity index (χ1v) is 6.91. The first kappa shape index (κ1) is 14.6. The van der Waals surface area contributed by atoms with Crippen molar-refractivity contribution in [2.45, 2.75) is 6.54 Å². The Bertz CT molecular complexity index is 485. The number of sulfonamides is 1. The average molecular weight is 273 g/mol. The molecule has 0 atom stereocenters. The van der Waals surface area contributed by atoms with Crippen molar-refractivity contribution < 1.29 is 23.4 Å². The van der Waals surface area contributed by atoms with E-state index in [1.807, 2.05) is 0 Å². The lowest BCUT2D eigenvalue weighted by Gasteiger charge is -2.20. The molecule has 1 rings (SSSR count). The number of hydrogen-bond donors (Lipinski definition) is 2. The molecule has 0 saturated heterocycles. The van der Waals surface area contributed by atoms with Crippen LogP contribution in [0.2, 0.25) is 0 Å². The van der Waals surface area contributed by atoms with Gasteiger partial charge in [-0.3, -0.25) is 4.79 Å². The highest BCUT2D eigenvalue weighted by molar-refractivity contribution is 7.89. The lowest BCUT2D eigenvalue weighted by atomic mass is 10.2. The quantitative estimate of drug-likeness (QED) is 0.723. The van der Waals surface area contributed by atoms with Crippen molar-refractivity contribution >= 4 is 16.0 Å². The van der Waals surface area contributed by atoms with Crippen LogP contribution in [0.5, 0.6) is 0 Å². The van der Waals surface area contributed by atoms with E-state index < -0.39 is 21.7 Å². The third-order valence-corrected chi connectivity index (χ3v) is 3.96. The Morgan fingerprint density at radius 1 is 1.22 bits per heavy atom. The van der Waals surface area contributed by atoms with E-state index in [0.717, 1.165) is 9.87 Å². The van der Waals surface area contributed by atoms with Crippen LogP contribution in [-0.4, -0.2) is 47.8 Å². The second-order valence-electron chi connectivity index (χ2n) is 3.69. The van der Waals surface area contributed by atoms with E-state index in [0.29, 0.717) is 0 Å². The Balaban J connectivity index is 2.86. The molecule has 0 spiro atoms. The fourth-order valence-electron chi connectivity index (χ4n) is 1.46. The monoisotopic (exact) mass is 273 g/mol. The van der Waals surface area contributed by atoms with Crippen LogP contribution in [0.4, 0.5) is 0 Å². The van der Waals surface area contributed by atoms with Crippen LogP contribution in [-0.2, 0) is 21.4 Å². The topological polar surface area (TPSA) is 94.9 Å². The summed E-state index contributed by atoms with van der Waals surface area (Å²) in [6.07, 6.45) is 0. The number of nitrogens with zero attached hydrogens (tertiary/aromatic N) is 1. The van der Waals surface area contributed by atoms with Crippen LogP contribution < -0.4 is 0 Å². The standard InChI is InChI=1S/C11H15NO5S/c13-7-6-12(18(16,17)9-11(14)15)8-10-4-2-1-3-5-10/h1-5,13H,6-9H2,(H,14,15). The molecule has 7 heteroatoms. The van der Waals surface area contributed by atoms with Crippen LogP contribution >= 0.6 is 0 Å². The number of aliphatic hydroxyl groups excluding tert-OH is 1. The highest BCUT2D eigenvalue weighted by atomic mass is 32.2. The van der Waals surface area contributed by atoms with Crippen LogP contribution in [0.25, 0.3) is 0 Å². The fraction of sp³-hybridized carbons (Fsp3) is 0.364. The van der Waals surface area contributed by atoms with Gasteiger partial charge in [0.1, 0.15) is 0 Å². The number of rotatable bonds is 7. The summed E-state index contributed by atoms with van der Waals surface area (Å²) in [6.45, 7) is -0.423. The normalized spacial score (nSPS) is 11.7. The van der Waals surface area contributed by atoms with Gasteiger partial charge in [0.15, 0.2) is 5.75 Å². The van der Waals surface area contributed by atoms with E-state index in [4.69, 9.17) is 10.2 Å². The summed E-state index contributed by atoms with van der Waals surface area (Å²) in [5, 5.41) is 17.4. The molecule has 0 unspecified atom stereocenters. The van der Waals surface area contributed by atoms with Gasteiger partial charge < -0.3 is 10.2 Å². The number of hydrogen-bond acceptors (Lipinski definition) is 4. The molecule has 1 aromatic rings. The van der Waals surface area contributed by atoms with Gasteiger partial charge in [0, 0.05) is 13.1 Å². The maximum absolute atomic E-state index is 11.8. The van der Waals surface area contributed by atoms with Crippen molar-refractivity contribution in [3.8, 4) is 0 Å². The molecule has 0 heterocycles. The summed E-state index contributed by atoms with van der Waals surface area (Å²) in [7, 11) is -3.91. The molecule has 0 aromatic heterocycles. The van der Waals surface area contributed by atoms with Crippen molar-refractivity contribution in [3.63, 3.8) is 0 Å². The molecule has 100 valence electrons. The molecular formula is C11H15NO5S. The zero-order valence-corrected chi connectivity index (χ0v) is 10.5. The first-order chi connectivity index (χ1) is 8.45. The van der Waals surface area contributed by atoms with E-state index in [-0.39, 0.29) is 19.7 Å². The summed E-state index contributed by atoms with van der Waals surface area (Å²) in [5.41, 5.74) is 0.736. The highest BCUT2D eigenvalue weighted by Gasteiger charge is 2.24. The van der Waals surface area contributed by atoms with Crippen LogP contribution in [0.1, 0.15) is 5.56 Å². The molecule has 0 aliphatic rings. The third-order valence-electron chi connectivity index (χ3n) is 2.25. The summed E-state index contributed by atoms with van der Waals surface area (Å²) >= 11 is 0. The Hall–Kier alpha value is -1.44. The minimum absolute atomic E-state index is 0.0526. The van der Waals surface area contributed by atoms with Crippen LogP contribution in [0, 0.1) is 0 Å². The number of benzene rings is 1. The predicted octanol–water partition coefficient (Wildman–Crippen LogP) is -0.105. The molecule has 0 fully saturated rings. The van der Waals surface area contributed by atoms with E-state index in [1.165, 1.54) is 0 Å². The van der Waals surface area contributed by atoms with Gasteiger partial charge in [0.05, 0.1) is 6.61 Å². The average Bonchev–Trinajstić information content (AvgIpc) is 2.28. The summed E-state index contributed by atoms with van der Waals surface area (Å²) < 4.78 is 24.5. The van der Waals surface area contributed by atoms with Gasteiger partial charge in [-0.15, -0.1) is 0 Å². The zero-order valence-electron chi connectivity index (χ0n) is 9.69. The maximum atomic E-state index is 11.8. The Morgan fingerprint density at radius 2 is 1.83 bits per heavy atom. The van der Waals surface area contributed by atoms with Gasteiger partial charge in [-0.05, 0) is 5.56 Å². The van der Waals surface area contributed by atoms with E-state index >= 15 is 0 Å². The van der Waals surface area contributed by atoms with Gasteiger partial charge in [-0.2, -0.15) is 4.31 Å². The molecule has 0 aliphatic heterocycles. The van der Waals surface area contributed by atoms with Gasteiger partial charge in [0.25, 0.3) is 0 Å². The molecule has 1 aromatic carbocycles. The van der Waals surface area contributed by atoms with E-state index in [9.17, 15) is 13.2 Å². The van der Waals surface area contributed by atoms with E-state index in [1.54, 1.807) is 30.3 Å². The Morgan fingerprint density at radius 3 is 2.33 bits per heavy atom. The highest BCUT2D eigenvalue weighted by Crippen LogP contribution is 2.09. The molecule has 0 saturated carbocycles. The van der Waals surface area contributed by atoms with Crippen molar-refractivity contribution in [1.29, 1.82) is 0 Å². The summed E-state index contributed by atoms with van der Waals surface area (Å²) in [6, 6.07) is 8.79. The number of aliphatic hydroxyl groups is 1. The van der Waals surface area contributed by atoms with Crippen molar-refractivity contribution in [2.24, 2.45) is 0 Å². The van der Waals surface area contributed by atoms with Gasteiger partial charge in [0.2, 0.25) is 10.0 Å². The van der Waals surface area contributed by atoms with Crippen molar-refractivity contribution in [3.05, 3.63) is 35.9 Å². The van der Waals surface area contributed by atoms with Crippen molar-refractivity contribution in [1.82, 2.24) is 4.31 Å². The minimum Gasteiger partial charge on any atom is -0.480 e. The minimum atomic E-state index is -3.91. The number of carboxylic acids is 1. The van der Waals surface area contributed by atoms with Crippen LogP contribution in [0.3, 0.4) is 0 Å². The molecule has 6 nitrogen and oxygen atoms in total. The van der Waals surface area contributed by atoms with Gasteiger partial charge in [-0.25, -0.2) is 8.42 Å². The number of carbonyl (C=O) groups is 1. The number of aliphatic carboxylic acids is 1. The molecule has 2 N–H and O–H groups in total. The predicted molar refractivity (Wildman–Crippen MR) is 65.4 cm³/mol.